The zero-order chi connectivity index (χ0) is 24.2. The molecule has 1 aliphatic heterocycles. The molecule has 9 heteroatoms. The van der Waals surface area contributed by atoms with Gasteiger partial charge < -0.3 is 14.6 Å². The van der Waals surface area contributed by atoms with Gasteiger partial charge in [-0.2, -0.15) is 0 Å². The van der Waals surface area contributed by atoms with E-state index in [1.54, 1.807) is 48.5 Å². The number of anilines is 1. The lowest BCUT2D eigenvalue weighted by atomic mass is 10.1. The molecule has 4 rings (SSSR count). The molecular formula is C25H16ClN2O6-. The van der Waals surface area contributed by atoms with Gasteiger partial charge in [-0.05, 0) is 53.1 Å². The summed E-state index contributed by atoms with van der Waals surface area (Å²) in [6, 6.07) is 18.1. The van der Waals surface area contributed by atoms with Crippen LogP contribution in [-0.2, 0) is 16.2 Å². The second kappa shape index (κ2) is 9.60. The number of urea groups is 1. The first-order valence-corrected chi connectivity index (χ1v) is 10.4. The Bertz CT molecular complexity index is 1320. The predicted molar refractivity (Wildman–Crippen MR) is 122 cm³/mol. The topological polar surface area (TPSA) is 116 Å². The second-order valence-electron chi connectivity index (χ2n) is 7.28. The molecule has 0 unspecified atom stereocenters. The largest absolute Gasteiger partial charge is 0.545 e. The summed E-state index contributed by atoms with van der Waals surface area (Å²) in [6.07, 6.45) is 1.38. The van der Waals surface area contributed by atoms with Crippen molar-refractivity contribution in [2.45, 2.75) is 6.61 Å². The van der Waals surface area contributed by atoms with Gasteiger partial charge in [-0.3, -0.25) is 14.9 Å². The van der Waals surface area contributed by atoms with Gasteiger partial charge in [0.05, 0.1) is 11.7 Å². The van der Waals surface area contributed by atoms with E-state index < -0.39 is 23.8 Å². The summed E-state index contributed by atoms with van der Waals surface area (Å²) in [5.74, 6) is -2.28. The Labute approximate surface area is 199 Å². The molecule has 8 nitrogen and oxygen atoms in total. The number of nitrogens with one attached hydrogen (secondary N) is 1. The number of nitrogens with zero attached hydrogens (tertiary/aromatic N) is 1. The van der Waals surface area contributed by atoms with Gasteiger partial charge in [-0.25, -0.2) is 9.69 Å². The minimum Gasteiger partial charge on any atom is -0.545 e. The maximum absolute atomic E-state index is 12.9. The van der Waals surface area contributed by atoms with E-state index in [-0.39, 0.29) is 23.4 Å². The summed E-state index contributed by atoms with van der Waals surface area (Å²) in [7, 11) is 0. The van der Waals surface area contributed by atoms with E-state index in [4.69, 9.17) is 16.3 Å². The van der Waals surface area contributed by atoms with Crippen LogP contribution in [0, 0.1) is 0 Å². The Hall–Kier alpha value is -4.43. The normalized spacial score (nSPS) is 14.8. The number of hydrogen-bond donors (Lipinski definition) is 1. The molecule has 34 heavy (non-hydrogen) atoms. The van der Waals surface area contributed by atoms with E-state index in [1.807, 2.05) is 0 Å². The molecule has 3 aromatic carbocycles. The number of halogens is 1. The number of carboxylic acids is 1. The lowest BCUT2D eigenvalue weighted by Gasteiger charge is -2.26. The van der Waals surface area contributed by atoms with Gasteiger partial charge in [0, 0.05) is 5.02 Å². The first-order valence-electron chi connectivity index (χ1n) is 10.0. The molecule has 0 atom stereocenters. The van der Waals surface area contributed by atoms with Gasteiger partial charge in [0.15, 0.2) is 0 Å². The van der Waals surface area contributed by atoms with Gasteiger partial charge in [-0.1, -0.05) is 54.1 Å². The minimum absolute atomic E-state index is 0.0815. The van der Waals surface area contributed by atoms with E-state index >= 15 is 0 Å². The number of rotatable bonds is 6. The number of carbonyl (C=O) groups excluding carboxylic acids is 4. The van der Waals surface area contributed by atoms with E-state index in [9.17, 15) is 24.3 Å². The van der Waals surface area contributed by atoms with E-state index in [0.717, 1.165) is 10.5 Å². The van der Waals surface area contributed by atoms with Crippen LogP contribution in [-0.4, -0.2) is 23.8 Å². The van der Waals surface area contributed by atoms with Crippen LogP contribution >= 0.6 is 11.6 Å². The standard InChI is InChI=1S/C25H17ClN2O6/c26-18-2-1-3-19(13-18)28-23(30)21(22(29)27-25(28)33)12-15-6-10-20(11-7-15)34-14-16-4-8-17(9-5-16)24(31)32/h1-13H,14H2,(H,31,32)(H,27,29,33)/p-1/b21-12+. The van der Waals surface area contributed by atoms with Crippen molar-refractivity contribution in [1.29, 1.82) is 0 Å². The van der Waals surface area contributed by atoms with Crippen LogP contribution in [0.25, 0.3) is 6.08 Å². The van der Waals surface area contributed by atoms with E-state index in [2.05, 4.69) is 5.32 Å². The summed E-state index contributed by atoms with van der Waals surface area (Å²) in [5, 5.41) is 13.3. The minimum atomic E-state index is -1.25. The third kappa shape index (κ3) is 4.97. The number of carboxylic acid groups (broad SMARTS) is 1. The molecule has 1 heterocycles. The van der Waals surface area contributed by atoms with Crippen molar-refractivity contribution in [2.75, 3.05) is 4.90 Å². The fourth-order valence-electron chi connectivity index (χ4n) is 3.24. The average Bonchev–Trinajstić information content (AvgIpc) is 2.81. The maximum atomic E-state index is 12.9. The van der Waals surface area contributed by atoms with Crippen molar-refractivity contribution in [3.63, 3.8) is 0 Å². The second-order valence-corrected chi connectivity index (χ2v) is 7.72. The van der Waals surface area contributed by atoms with Crippen molar-refractivity contribution in [2.24, 2.45) is 0 Å². The highest BCUT2D eigenvalue weighted by Gasteiger charge is 2.36. The number of imide groups is 2. The van der Waals surface area contributed by atoms with Crippen molar-refractivity contribution >= 4 is 47.2 Å². The van der Waals surface area contributed by atoms with Crippen molar-refractivity contribution in [3.05, 3.63) is 100 Å². The van der Waals surface area contributed by atoms with Crippen LogP contribution in [0.2, 0.25) is 5.02 Å². The van der Waals surface area contributed by atoms with Crippen LogP contribution in [0.1, 0.15) is 21.5 Å². The van der Waals surface area contributed by atoms with Gasteiger partial charge >= 0.3 is 6.03 Å². The molecule has 0 saturated carbocycles. The zero-order valence-corrected chi connectivity index (χ0v) is 18.2. The predicted octanol–water partition coefficient (Wildman–Crippen LogP) is 2.95. The number of ether oxygens (including phenoxy) is 1. The van der Waals surface area contributed by atoms with Crippen molar-refractivity contribution < 1.29 is 29.0 Å². The fraction of sp³-hybridized carbons (Fsp3) is 0.0400. The smallest absolute Gasteiger partial charge is 0.335 e. The van der Waals surface area contributed by atoms with E-state index in [1.165, 1.54) is 30.3 Å². The average molecular weight is 476 g/mol. The first-order chi connectivity index (χ1) is 16.3. The Morgan fingerprint density at radius 3 is 2.35 bits per heavy atom. The highest BCUT2D eigenvalue weighted by atomic mass is 35.5. The molecule has 1 aliphatic rings. The summed E-state index contributed by atoms with van der Waals surface area (Å²) < 4.78 is 5.68. The summed E-state index contributed by atoms with van der Waals surface area (Å²) in [4.78, 5) is 49.2. The Morgan fingerprint density at radius 2 is 1.71 bits per heavy atom. The summed E-state index contributed by atoms with van der Waals surface area (Å²) in [6.45, 7) is 0.214. The van der Waals surface area contributed by atoms with Gasteiger partial charge in [-0.15, -0.1) is 0 Å². The number of hydrogen-bond acceptors (Lipinski definition) is 6. The number of barbiturate groups is 1. The molecule has 170 valence electrons. The Kier molecular flexibility index (Phi) is 6.42. The molecule has 1 fully saturated rings. The number of benzene rings is 3. The van der Waals surface area contributed by atoms with Crippen LogP contribution in [0.15, 0.2) is 78.4 Å². The number of aromatic carboxylic acids is 1. The third-order valence-electron chi connectivity index (χ3n) is 4.95. The van der Waals surface area contributed by atoms with Gasteiger partial charge in [0.1, 0.15) is 17.9 Å². The van der Waals surface area contributed by atoms with Crippen LogP contribution < -0.4 is 20.1 Å². The first kappa shape index (κ1) is 22.8. The zero-order valence-electron chi connectivity index (χ0n) is 17.5. The van der Waals surface area contributed by atoms with Gasteiger partial charge in [0.25, 0.3) is 11.8 Å². The van der Waals surface area contributed by atoms with Crippen LogP contribution in [0.5, 0.6) is 5.75 Å². The lowest BCUT2D eigenvalue weighted by Crippen LogP contribution is -2.54. The molecular weight excluding hydrogens is 460 g/mol. The highest BCUT2D eigenvalue weighted by molar-refractivity contribution is 6.39. The molecule has 3 aromatic rings. The Morgan fingerprint density at radius 1 is 1.00 bits per heavy atom. The molecule has 0 aliphatic carbocycles. The fourth-order valence-corrected chi connectivity index (χ4v) is 3.42. The van der Waals surface area contributed by atoms with E-state index in [0.29, 0.717) is 16.3 Å². The molecule has 1 N–H and O–H groups in total. The number of amides is 4. The maximum Gasteiger partial charge on any atom is 0.335 e. The summed E-state index contributed by atoms with van der Waals surface area (Å²) >= 11 is 5.96. The van der Waals surface area contributed by atoms with Crippen molar-refractivity contribution in [3.8, 4) is 5.75 Å². The van der Waals surface area contributed by atoms with Crippen LogP contribution in [0.3, 0.4) is 0 Å². The third-order valence-corrected chi connectivity index (χ3v) is 5.19. The molecule has 0 spiro atoms. The van der Waals surface area contributed by atoms with Crippen molar-refractivity contribution in [1.82, 2.24) is 5.32 Å². The monoisotopic (exact) mass is 475 g/mol. The highest BCUT2D eigenvalue weighted by Crippen LogP contribution is 2.25. The SMILES string of the molecule is O=C1NC(=O)N(c2cccc(Cl)c2)C(=O)/C1=C/c1ccc(OCc2ccc(C(=O)[O-])cc2)cc1. The molecule has 4 amide bonds. The molecule has 0 radical (unpaired) electrons. The van der Waals surface area contributed by atoms with Crippen LogP contribution in [0.4, 0.5) is 10.5 Å². The summed E-state index contributed by atoms with van der Waals surface area (Å²) in [5.41, 5.74) is 1.43. The molecule has 0 aromatic heterocycles. The number of carbonyl (C=O) groups is 4. The Balaban J connectivity index is 1.48. The molecule has 0 bridgehead atoms. The lowest BCUT2D eigenvalue weighted by molar-refractivity contribution is -0.255. The van der Waals surface area contributed by atoms with Gasteiger partial charge in [0.2, 0.25) is 0 Å². The quantitative estimate of drug-likeness (QED) is 0.433. The molecule has 1 saturated heterocycles.